The number of aromatic amines is 1. The number of carbonyl (C=O) groups is 1. The van der Waals surface area contributed by atoms with Crippen LogP contribution in [0.15, 0.2) is 34.3 Å². The molecule has 0 atom stereocenters. The van der Waals surface area contributed by atoms with E-state index in [-0.39, 0.29) is 12.2 Å². The maximum atomic E-state index is 12.5. The number of esters is 1. The first-order valence-corrected chi connectivity index (χ1v) is 10.9. The lowest BCUT2D eigenvalue weighted by Gasteiger charge is -2.07. The summed E-state index contributed by atoms with van der Waals surface area (Å²) in [6, 6.07) is 5.07. The molecule has 0 unspecified atom stereocenters. The van der Waals surface area contributed by atoms with Crippen molar-refractivity contribution in [3.05, 3.63) is 51.7 Å². The number of thioether (sulfide) groups is 1. The van der Waals surface area contributed by atoms with Gasteiger partial charge in [-0.3, -0.25) is 13.9 Å². The molecule has 0 spiro atoms. The first kappa shape index (κ1) is 20.9. The molecule has 0 saturated heterocycles. The number of hydrogen-bond acceptors (Lipinski definition) is 7. The lowest BCUT2D eigenvalue weighted by Crippen LogP contribution is -2.15. The van der Waals surface area contributed by atoms with Gasteiger partial charge in [0.1, 0.15) is 16.9 Å². The topological polar surface area (TPSA) is 112 Å². The van der Waals surface area contributed by atoms with Crippen molar-refractivity contribution in [3.63, 3.8) is 0 Å². The standard InChI is InChI=1S/C20H23N7O3S/c1-5-26-18(15-9-12(3)25(4)24-15)22-23-20(26)31-11-13-10-16(28)27-8-7-14(17(27)21-13)19(29)30-6-2/h7-10,21H,5-6,11H2,1-4H3. The van der Waals surface area contributed by atoms with Crippen molar-refractivity contribution in [1.82, 2.24) is 33.9 Å². The van der Waals surface area contributed by atoms with E-state index in [2.05, 4.69) is 20.3 Å². The van der Waals surface area contributed by atoms with Gasteiger partial charge in [-0.15, -0.1) is 10.2 Å². The molecule has 0 aromatic carbocycles. The molecule has 0 bridgehead atoms. The van der Waals surface area contributed by atoms with Crippen molar-refractivity contribution in [2.45, 2.75) is 38.2 Å². The lowest BCUT2D eigenvalue weighted by molar-refractivity contribution is 0.0528. The summed E-state index contributed by atoms with van der Waals surface area (Å²) in [6.07, 6.45) is 1.56. The molecule has 4 aromatic heterocycles. The molecule has 4 aromatic rings. The van der Waals surface area contributed by atoms with Gasteiger partial charge in [0.2, 0.25) is 0 Å². The molecular weight excluding hydrogens is 418 g/mol. The van der Waals surface area contributed by atoms with Crippen LogP contribution in [0.2, 0.25) is 0 Å². The molecule has 0 aliphatic heterocycles. The van der Waals surface area contributed by atoms with Crippen molar-refractivity contribution in [1.29, 1.82) is 0 Å². The molecule has 10 nitrogen and oxygen atoms in total. The summed E-state index contributed by atoms with van der Waals surface area (Å²) in [5.41, 5.74) is 3.00. The number of hydrogen-bond donors (Lipinski definition) is 1. The molecule has 0 amide bonds. The van der Waals surface area contributed by atoms with Crippen LogP contribution in [0.5, 0.6) is 0 Å². The van der Waals surface area contributed by atoms with Crippen LogP contribution >= 0.6 is 11.8 Å². The van der Waals surface area contributed by atoms with Gasteiger partial charge in [0, 0.05) is 43.0 Å². The minimum absolute atomic E-state index is 0.221. The highest BCUT2D eigenvalue weighted by Crippen LogP contribution is 2.26. The monoisotopic (exact) mass is 441 g/mol. The Bertz CT molecular complexity index is 1290. The Hall–Kier alpha value is -3.34. The predicted molar refractivity (Wildman–Crippen MR) is 116 cm³/mol. The minimum Gasteiger partial charge on any atom is -0.462 e. The van der Waals surface area contributed by atoms with Gasteiger partial charge in [0.25, 0.3) is 5.56 Å². The average molecular weight is 442 g/mol. The van der Waals surface area contributed by atoms with E-state index in [4.69, 9.17) is 4.74 Å². The van der Waals surface area contributed by atoms with E-state index in [1.54, 1.807) is 23.9 Å². The molecule has 31 heavy (non-hydrogen) atoms. The van der Waals surface area contributed by atoms with Gasteiger partial charge in [-0.1, -0.05) is 11.8 Å². The van der Waals surface area contributed by atoms with E-state index in [9.17, 15) is 9.59 Å². The number of carbonyl (C=O) groups excluding carboxylic acids is 1. The van der Waals surface area contributed by atoms with Crippen LogP contribution in [0.25, 0.3) is 17.2 Å². The third-order valence-electron chi connectivity index (χ3n) is 4.93. The molecule has 162 valence electrons. The van der Waals surface area contributed by atoms with Crippen molar-refractivity contribution < 1.29 is 9.53 Å². The second kappa shape index (κ2) is 8.42. The smallest absolute Gasteiger partial charge is 0.341 e. The number of aromatic nitrogens is 7. The van der Waals surface area contributed by atoms with Gasteiger partial charge >= 0.3 is 5.97 Å². The molecule has 0 saturated carbocycles. The fraction of sp³-hybridized carbons (Fsp3) is 0.350. The summed E-state index contributed by atoms with van der Waals surface area (Å²) in [5.74, 6) is 0.693. The summed E-state index contributed by atoms with van der Waals surface area (Å²) in [4.78, 5) is 27.8. The second-order valence-electron chi connectivity index (χ2n) is 6.93. The number of aryl methyl sites for hydroxylation is 2. The SMILES string of the molecule is CCOC(=O)c1ccn2c(=O)cc(CSc3nnc(-c4cc(C)n(C)n4)n3CC)[nH]c12. The van der Waals surface area contributed by atoms with E-state index >= 15 is 0 Å². The molecule has 0 fully saturated rings. The maximum absolute atomic E-state index is 12.5. The van der Waals surface area contributed by atoms with E-state index < -0.39 is 5.97 Å². The predicted octanol–water partition coefficient (Wildman–Crippen LogP) is 2.42. The number of H-pyrrole nitrogens is 1. The van der Waals surface area contributed by atoms with E-state index in [1.807, 2.05) is 31.5 Å². The summed E-state index contributed by atoms with van der Waals surface area (Å²) in [7, 11) is 1.89. The quantitative estimate of drug-likeness (QED) is 0.346. The van der Waals surface area contributed by atoms with Crippen molar-refractivity contribution in [3.8, 4) is 11.5 Å². The van der Waals surface area contributed by atoms with Gasteiger partial charge in [0.15, 0.2) is 11.0 Å². The molecule has 0 aliphatic rings. The van der Waals surface area contributed by atoms with Crippen LogP contribution in [0.4, 0.5) is 0 Å². The Morgan fingerprint density at radius 3 is 2.74 bits per heavy atom. The Labute approximate surface area is 182 Å². The highest BCUT2D eigenvalue weighted by molar-refractivity contribution is 7.98. The summed E-state index contributed by atoms with van der Waals surface area (Å²) in [6.45, 7) is 6.69. The second-order valence-corrected chi connectivity index (χ2v) is 7.88. The Kier molecular flexibility index (Phi) is 5.68. The highest BCUT2D eigenvalue weighted by Gasteiger charge is 2.18. The number of fused-ring (bicyclic) bond motifs is 1. The number of nitrogens with one attached hydrogen (secondary N) is 1. The third-order valence-corrected chi connectivity index (χ3v) is 5.94. The lowest BCUT2D eigenvalue weighted by atomic mass is 10.3. The Balaban J connectivity index is 1.61. The zero-order chi connectivity index (χ0) is 22.1. The highest BCUT2D eigenvalue weighted by atomic mass is 32.2. The molecule has 11 heteroatoms. The molecule has 4 rings (SSSR count). The third kappa shape index (κ3) is 3.88. The van der Waals surface area contributed by atoms with Crippen molar-refractivity contribution in [2.75, 3.05) is 6.61 Å². The average Bonchev–Trinajstić information content (AvgIpc) is 3.43. The van der Waals surface area contributed by atoms with Crippen molar-refractivity contribution >= 4 is 23.4 Å². The minimum atomic E-state index is -0.466. The molecule has 1 N–H and O–H groups in total. The van der Waals surface area contributed by atoms with Crippen LogP contribution in [-0.4, -0.2) is 46.5 Å². The van der Waals surface area contributed by atoms with Crippen LogP contribution in [-0.2, 0) is 24.1 Å². The molecule has 0 radical (unpaired) electrons. The zero-order valence-electron chi connectivity index (χ0n) is 17.7. The number of nitrogens with zero attached hydrogens (tertiary/aromatic N) is 6. The summed E-state index contributed by atoms with van der Waals surface area (Å²) in [5, 5.41) is 13.9. The molecule has 0 aliphatic carbocycles. The maximum Gasteiger partial charge on any atom is 0.341 e. The van der Waals surface area contributed by atoms with Crippen LogP contribution in [0.3, 0.4) is 0 Å². The van der Waals surface area contributed by atoms with E-state index in [0.717, 1.165) is 16.5 Å². The first-order valence-electron chi connectivity index (χ1n) is 9.90. The summed E-state index contributed by atoms with van der Waals surface area (Å²) < 4.78 is 10.3. The normalized spacial score (nSPS) is 11.4. The van der Waals surface area contributed by atoms with E-state index in [1.165, 1.54) is 22.2 Å². The van der Waals surface area contributed by atoms with Crippen LogP contribution in [0, 0.1) is 6.92 Å². The van der Waals surface area contributed by atoms with Gasteiger partial charge in [0.05, 0.1) is 6.61 Å². The zero-order valence-corrected chi connectivity index (χ0v) is 18.6. The molecular formula is C20H23N7O3S. The van der Waals surface area contributed by atoms with Crippen LogP contribution < -0.4 is 5.56 Å². The van der Waals surface area contributed by atoms with Gasteiger partial charge in [-0.2, -0.15) is 5.10 Å². The largest absolute Gasteiger partial charge is 0.462 e. The Morgan fingerprint density at radius 1 is 1.26 bits per heavy atom. The first-order chi connectivity index (χ1) is 14.9. The van der Waals surface area contributed by atoms with E-state index in [0.29, 0.717) is 35.0 Å². The Morgan fingerprint density at radius 2 is 2.06 bits per heavy atom. The number of ether oxygens (including phenoxy) is 1. The summed E-state index contributed by atoms with van der Waals surface area (Å²) >= 11 is 1.45. The fourth-order valence-corrected chi connectivity index (χ4v) is 4.19. The van der Waals surface area contributed by atoms with Gasteiger partial charge in [-0.05, 0) is 32.9 Å². The van der Waals surface area contributed by atoms with Gasteiger partial charge < -0.3 is 14.3 Å². The molecule has 4 heterocycles. The fourth-order valence-electron chi connectivity index (χ4n) is 3.28. The van der Waals surface area contributed by atoms with Crippen LogP contribution in [0.1, 0.15) is 35.6 Å². The van der Waals surface area contributed by atoms with Gasteiger partial charge in [-0.25, -0.2) is 4.79 Å². The number of rotatable bonds is 7. The van der Waals surface area contributed by atoms with Crippen molar-refractivity contribution in [2.24, 2.45) is 7.05 Å².